The molecule has 1 heterocycles. The number of nitriles is 1. The van der Waals surface area contributed by atoms with Crippen LogP contribution >= 0.6 is 0 Å². The first-order chi connectivity index (χ1) is 15.1. The Morgan fingerprint density at radius 1 is 1.19 bits per heavy atom. The lowest BCUT2D eigenvalue weighted by Crippen LogP contribution is -2.34. The molecule has 0 N–H and O–H groups in total. The van der Waals surface area contributed by atoms with Gasteiger partial charge < -0.3 is 14.4 Å². The van der Waals surface area contributed by atoms with Crippen molar-refractivity contribution >= 4 is 15.8 Å². The molecule has 1 saturated heterocycles. The molecule has 0 aliphatic carbocycles. The summed E-state index contributed by atoms with van der Waals surface area (Å²) in [6.07, 6.45) is -5.29. The molecule has 32 heavy (non-hydrogen) atoms. The van der Waals surface area contributed by atoms with Crippen molar-refractivity contribution in [2.45, 2.75) is 25.1 Å². The smallest absolute Gasteiger partial charge is 0.372 e. The molecule has 0 amide bonds. The summed E-state index contributed by atoms with van der Waals surface area (Å²) in [7, 11) is -3.71. The number of alkyl halides is 3. The molecule has 1 aliphatic rings. The summed E-state index contributed by atoms with van der Waals surface area (Å²) in [5, 5.41) is 9.02. The zero-order chi connectivity index (χ0) is 23.4. The average Bonchev–Trinajstić information content (AvgIpc) is 3.14. The van der Waals surface area contributed by atoms with Gasteiger partial charge in [-0.05, 0) is 23.8 Å². The number of rotatable bonds is 8. The predicted molar refractivity (Wildman–Crippen MR) is 109 cm³/mol. The molecule has 2 unspecified atom stereocenters. The quantitative estimate of drug-likeness (QED) is 0.547. The lowest BCUT2D eigenvalue weighted by molar-refractivity contribution is -0.137. The van der Waals surface area contributed by atoms with E-state index in [1.807, 2.05) is 30.3 Å². The Balaban J connectivity index is 1.80. The molecule has 2 atom stereocenters. The highest BCUT2D eigenvalue weighted by Gasteiger charge is 2.37. The van der Waals surface area contributed by atoms with Crippen LogP contribution in [0, 0.1) is 11.3 Å². The van der Waals surface area contributed by atoms with E-state index in [1.165, 1.54) is 11.0 Å². The Bertz CT molecular complexity index is 1070. The zero-order valence-electron chi connectivity index (χ0n) is 17.1. The zero-order valence-corrected chi connectivity index (χ0v) is 17.9. The third-order valence-corrected chi connectivity index (χ3v) is 5.26. The second kappa shape index (κ2) is 9.87. The Morgan fingerprint density at radius 3 is 2.53 bits per heavy atom. The highest BCUT2D eigenvalue weighted by Crippen LogP contribution is 2.36. The van der Waals surface area contributed by atoms with E-state index >= 15 is 0 Å². The number of hydrogen-bond acceptors (Lipinski definition) is 7. The van der Waals surface area contributed by atoms with Crippen LogP contribution in [-0.4, -0.2) is 46.8 Å². The topological polar surface area (TPSA) is 88.9 Å². The van der Waals surface area contributed by atoms with Crippen molar-refractivity contribution < 1.29 is 35.2 Å². The molecular weight excluding hydrogens is 449 g/mol. The number of ether oxygens (including phenoxy) is 2. The minimum Gasteiger partial charge on any atom is -0.372 e. The molecule has 2 aromatic rings. The molecule has 3 rings (SSSR count). The molecule has 0 spiro atoms. The average molecular weight is 470 g/mol. The van der Waals surface area contributed by atoms with Crippen molar-refractivity contribution in [3.63, 3.8) is 0 Å². The van der Waals surface area contributed by atoms with Gasteiger partial charge in [0.1, 0.15) is 6.10 Å². The van der Waals surface area contributed by atoms with Crippen LogP contribution in [0.25, 0.3) is 0 Å². The number of hydrogen-bond donors (Lipinski definition) is 0. The van der Waals surface area contributed by atoms with E-state index < -0.39 is 39.8 Å². The highest BCUT2D eigenvalue weighted by molar-refractivity contribution is 7.85. The summed E-state index contributed by atoms with van der Waals surface area (Å²) in [6, 6.07) is 14.2. The maximum absolute atomic E-state index is 13.4. The van der Waals surface area contributed by atoms with Crippen molar-refractivity contribution in [2.24, 2.45) is 0 Å². The maximum Gasteiger partial charge on any atom is 0.417 e. The molecule has 11 heteroatoms. The van der Waals surface area contributed by atoms with Gasteiger partial charge >= 0.3 is 6.18 Å². The number of halogens is 3. The van der Waals surface area contributed by atoms with Gasteiger partial charge in [0.2, 0.25) is 0 Å². The van der Waals surface area contributed by atoms with Crippen LogP contribution in [0.3, 0.4) is 0 Å². The minimum atomic E-state index is -4.71. The van der Waals surface area contributed by atoms with Gasteiger partial charge in [0.05, 0.1) is 43.3 Å². The lowest BCUT2D eigenvalue weighted by atomic mass is 10.1. The summed E-state index contributed by atoms with van der Waals surface area (Å²) in [4.78, 5) is 1.54. The fourth-order valence-electron chi connectivity index (χ4n) is 3.26. The maximum atomic E-state index is 13.4. The van der Waals surface area contributed by atoms with Gasteiger partial charge in [-0.1, -0.05) is 30.3 Å². The van der Waals surface area contributed by atoms with Gasteiger partial charge in [-0.15, -0.1) is 0 Å². The van der Waals surface area contributed by atoms with Crippen LogP contribution in [0.15, 0.2) is 48.5 Å². The summed E-state index contributed by atoms with van der Waals surface area (Å²) in [5.41, 5.74) is -0.467. The van der Waals surface area contributed by atoms with Crippen molar-refractivity contribution in [3.05, 3.63) is 65.2 Å². The fraction of sp³-hybridized carbons (Fsp3) is 0.381. The number of nitrogens with zero attached hydrogens (tertiary/aromatic N) is 2. The normalized spacial score (nSPS) is 19.2. The molecular formula is C21H21F3N2O5S. The molecule has 0 bridgehead atoms. The van der Waals surface area contributed by atoms with Gasteiger partial charge in [0, 0.05) is 12.2 Å². The molecule has 0 aromatic heterocycles. The van der Waals surface area contributed by atoms with E-state index in [4.69, 9.17) is 18.9 Å². The number of anilines is 1. The lowest BCUT2D eigenvalue weighted by Gasteiger charge is -2.26. The van der Waals surface area contributed by atoms with Crippen molar-refractivity contribution in [2.75, 3.05) is 30.9 Å². The Hall–Kier alpha value is -2.65. The van der Waals surface area contributed by atoms with Crippen molar-refractivity contribution in [3.8, 4) is 6.07 Å². The van der Waals surface area contributed by atoms with E-state index in [-0.39, 0.29) is 32.1 Å². The van der Waals surface area contributed by atoms with Crippen LogP contribution in [0.4, 0.5) is 18.9 Å². The molecule has 0 saturated carbocycles. The molecule has 1 aliphatic heterocycles. The van der Waals surface area contributed by atoms with E-state index in [9.17, 15) is 21.6 Å². The van der Waals surface area contributed by atoms with Crippen LogP contribution in [0.1, 0.15) is 16.7 Å². The fourth-order valence-corrected chi connectivity index (χ4v) is 3.66. The van der Waals surface area contributed by atoms with Gasteiger partial charge in [-0.25, -0.2) is 0 Å². The van der Waals surface area contributed by atoms with E-state index in [1.54, 1.807) is 6.07 Å². The van der Waals surface area contributed by atoms with Gasteiger partial charge in [-0.2, -0.15) is 26.9 Å². The van der Waals surface area contributed by atoms with E-state index in [0.29, 0.717) is 0 Å². The first kappa shape index (κ1) is 24.0. The number of benzene rings is 2. The molecule has 7 nitrogen and oxygen atoms in total. The highest BCUT2D eigenvalue weighted by atomic mass is 32.2. The Labute approximate surface area is 184 Å². The largest absolute Gasteiger partial charge is 0.417 e. The SMILES string of the molecule is CS(=O)(=O)OCC1CN(c2ccc(C#N)c(C(F)(F)F)c2)C(COCc2ccccc2)O1. The Morgan fingerprint density at radius 2 is 1.91 bits per heavy atom. The van der Waals surface area contributed by atoms with Gasteiger partial charge in [-0.3, -0.25) is 4.18 Å². The van der Waals surface area contributed by atoms with Crippen molar-refractivity contribution in [1.82, 2.24) is 0 Å². The van der Waals surface area contributed by atoms with Crippen molar-refractivity contribution in [1.29, 1.82) is 5.26 Å². The predicted octanol–water partition coefficient (Wildman–Crippen LogP) is 3.30. The van der Waals surface area contributed by atoms with Crippen LogP contribution < -0.4 is 4.90 Å². The third-order valence-electron chi connectivity index (χ3n) is 4.70. The Kier molecular flexibility index (Phi) is 7.40. The molecule has 1 fully saturated rings. The second-order valence-electron chi connectivity index (χ2n) is 7.19. The van der Waals surface area contributed by atoms with Gasteiger partial charge in [0.25, 0.3) is 10.1 Å². The summed E-state index contributed by atoms with van der Waals surface area (Å²) in [5.74, 6) is 0. The van der Waals surface area contributed by atoms with Gasteiger partial charge in [0.15, 0.2) is 6.23 Å². The molecule has 0 radical (unpaired) electrons. The van der Waals surface area contributed by atoms with Crippen LogP contribution in [0.2, 0.25) is 0 Å². The van der Waals surface area contributed by atoms with Crippen LogP contribution in [-0.2, 0) is 36.6 Å². The minimum absolute atomic E-state index is 0.0195. The molecule has 2 aromatic carbocycles. The monoisotopic (exact) mass is 470 g/mol. The standard InChI is InChI=1S/C21H21F3N2O5S/c1-32(27,28)30-13-18-11-26(17-8-7-16(10-25)19(9-17)21(22,23)24)20(31-18)14-29-12-15-5-3-2-4-6-15/h2-9,18,20H,11-14H2,1H3. The first-order valence-electron chi connectivity index (χ1n) is 9.56. The molecule has 172 valence electrons. The summed E-state index contributed by atoms with van der Waals surface area (Å²) < 4.78 is 79.1. The van der Waals surface area contributed by atoms with E-state index in [0.717, 1.165) is 24.0 Å². The second-order valence-corrected chi connectivity index (χ2v) is 8.84. The summed E-state index contributed by atoms with van der Waals surface area (Å²) in [6.45, 7) is 0.0802. The summed E-state index contributed by atoms with van der Waals surface area (Å²) >= 11 is 0. The third kappa shape index (κ3) is 6.43. The first-order valence-corrected chi connectivity index (χ1v) is 11.4. The van der Waals surface area contributed by atoms with E-state index in [2.05, 4.69) is 0 Å². The van der Waals surface area contributed by atoms with Crippen LogP contribution in [0.5, 0.6) is 0 Å².